The number of hydrogen-bond donors (Lipinski definition) is 2. The van der Waals surface area contributed by atoms with Crippen LogP contribution >= 0.6 is 0 Å². The van der Waals surface area contributed by atoms with E-state index in [1.165, 1.54) is 11.1 Å². The molecule has 0 saturated heterocycles. The molecule has 0 aliphatic carbocycles. The van der Waals surface area contributed by atoms with Crippen LogP contribution in [0.2, 0.25) is 0 Å². The first-order valence-electron chi connectivity index (χ1n) is 6.97. The van der Waals surface area contributed by atoms with Crippen molar-refractivity contribution in [2.75, 3.05) is 6.54 Å². The lowest BCUT2D eigenvalue weighted by molar-refractivity contribution is -0.127. The fraction of sp³-hybridized carbons (Fsp3) is 0.562. The van der Waals surface area contributed by atoms with Gasteiger partial charge in [-0.1, -0.05) is 31.2 Å². The number of rotatable bonds is 6. The summed E-state index contributed by atoms with van der Waals surface area (Å²) < 4.78 is 0. The molecule has 3 nitrogen and oxygen atoms in total. The lowest BCUT2D eigenvalue weighted by atomic mass is 10.00. The lowest BCUT2D eigenvalue weighted by Gasteiger charge is -2.27. The minimum atomic E-state index is -0.519. The van der Waals surface area contributed by atoms with Gasteiger partial charge in [0.15, 0.2) is 0 Å². The third-order valence-corrected chi connectivity index (χ3v) is 3.35. The van der Waals surface area contributed by atoms with Crippen molar-refractivity contribution >= 4 is 5.91 Å². The van der Waals surface area contributed by atoms with Gasteiger partial charge < -0.3 is 10.6 Å². The molecule has 19 heavy (non-hydrogen) atoms. The van der Waals surface area contributed by atoms with E-state index >= 15 is 0 Å². The second kappa shape index (κ2) is 6.71. The summed E-state index contributed by atoms with van der Waals surface area (Å²) >= 11 is 0. The van der Waals surface area contributed by atoms with Crippen LogP contribution in [-0.2, 0) is 11.2 Å². The Hall–Kier alpha value is -1.35. The molecule has 2 N–H and O–H groups in total. The van der Waals surface area contributed by atoms with Gasteiger partial charge in [-0.05, 0) is 51.8 Å². The molecule has 0 radical (unpaired) electrons. The highest BCUT2D eigenvalue weighted by Crippen LogP contribution is 2.10. The molecule has 0 aromatic heterocycles. The minimum absolute atomic E-state index is 0.0513. The zero-order valence-electron chi connectivity index (χ0n) is 12.7. The molecule has 3 heteroatoms. The summed E-state index contributed by atoms with van der Waals surface area (Å²) in [5, 5.41) is 6.27. The molecule has 0 bridgehead atoms. The Morgan fingerprint density at radius 2 is 1.95 bits per heavy atom. The fourth-order valence-electron chi connectivity index (χ4n) is 2.15. The predicted octanol–water partition coefficient (Wildman–Crippen LogP) is 2.43. The van der Waals surface area contributed by atoms with E-state index in [2.05, 4.69) is 29.7 Å². The lowest BCUT2D eigenvalue weighted by Crippen LogP contribution is -2.54. The quantitative estimate of drug-likeness (QED) is 0.826. The zero-order chi connectivity index (χ0) is 14.5. The van der Waals surface area contributed by atoms with Crippen LogP contribution in [0.4, 0.5) is 0 Å². The highest BCUT2D eigenvalue weighted by Gasteiger charge is 2.27. The van der Waals surface area contributed by atoms with Crippen molar-refractivity contribution in [1.82, 2.24) is 10.6 Å². The van der Waals surface area contributed by atoms with Crippen molar-refractivity contribution in [1.29, 1.82) is 0 Å². The van der Waals surface area contributed by atoms with Gasteiger partial charge in [0.05, 0.1) is 5.54 Å². The predicted molar refractivity (Wildman–Crippen MR) is 80.2 cm³/mol. The second-order valence-electron chi connectivity index (χ2n) is 5.66. The average Bonchev–Trinajstić information content (AvgIpc) is 2.32. The summed E-state index contributed by atoms with van der Waals surface area (Å²) in [4.78, 5) is 12.2. The Labute approximate surface area is 116 Å². The number of nitrogens with one attached hydrogen (secondary N) is 2. The topological polar surface area (TPSA) is 41.1 Å². The largest absolute Gasteiger partial charge is 0.352 e. The molecular formula is C16H26N2O. The molecule has 0 heterocycles. The van der Waals surface area contributed by atoms with E-state index in [-0.39, 0.29) is 11.9 Å². The second-order valence-corrected chi connectivity index (χ2v) is 5.66. The van der Waals surface area contributed by atoms with E-state index < -0.39 is 5.54 Å². The molecule has 0 aliphatic heterocycles. The summed E-state index contributed by atoms with van der Waals surface area (Å²) in [5.41, 5.74) is 2.04. The van der Waals surface area contributed by atoms with Gasteiger partial charge in [-0.2, -0.15) is 0 Å². The molecule has 106 valence electrons. The number of aryl methyl sites for hydroxylation is 1. The molecule has 0 spiro atoms. The summed E-state index contributed by atoms with van der Waals surface area (Å²) in [6.07, 6.45) is 0.862. The highest BCUT2D eigenvalue weighted by molar-refractivity contribution is 5.85. The van der Waals surface area contributed by atoms with Gasteiger partial charge in [-0.25, -0.2) is 0 Å². The summed E-state index contributed by atoms with van der Waals surface area (Å²) in [5.74, 6) is 0.0513. The molecule has 1 amide bonds. The Balaban J connectivity index is 2.59. The third kappa shape index (κ3) is 4.67. The van der Waals surface area contributed by atoms with Crippen LogP contribution in [0.15, 0.2) is 24.3 Å². The molecular weight excluding hydrogens is 236 g/mol. The smallest absolute Gasteiger partial charge is 0.239 e. The van der Waals surface area contributed by atoms with Gasteiger partial charge in [-0.3, -0.25) is 4.79 Å². The van der Waals surface area contributed by atoms with Crippen molar-refractivity contribution in [3.63, 3.8) is 0 Å². The number of amides is 1. The van der Waals surface area contributed by atoms with Crippen LogP contribution in [0.3, 0.4) is 0 Å². The van der Waals surface area contributed by atoms with Crippen molar-refractivity contribution < 1.29 is 4.79 Å². The van der Waals surface area contributed by atoms with Gasteiger partial charge in [0, 0.05) is 6.04 Å². The van der Waals surface area contributed by atoms with E-state index in [0.29, 0.717) is 0 Å². The Kier molecular flexibility index (Phi) is 5.55. The van der Waals surface area contributed by atoms with Gasteiger partial charge >= 0.3 is 0 Å². The van der Waals surface area contributed by atoms with Gasteiger partial charge in [-0.15, -0.1) is 0 Å². The molecule has 0 aliphatic rings. The SMILES string of the molecule is CCNC(C)(C)C(=O)NC(C)Cc1ccccc1C. The molecule has 1 rings (SSSR count). The van der Waals surface area contributed by atoms with Crippen molar-refractivity contribution in [2.45, 2.75) is 52.6 Å². The number of benzene rings is 1. The van der Waals surface area contributed by atoms with Gasteiger partial charge in [0.2, 0.25) is 5.91 Å². The van der Waals surface area contributed by atoms with Crippen molar-refractivity contribution in [3.8, 4) is 0 Å². The summed E-state index contributed by atoms with van der Waals surface area (Å²) in [7, 11) is 0. The summed E-state index contributed by atoms with van der Waals surface area (Å²) in [6.45, 7) is 10.8. The molecule has 1 aromatic carbocycles. The molecule has 1 unspecified atom stereocenters. The molecule has 1 atom stereocenters. The fourth-order valence-corrected chi connectivity index (χ4v) is 2.15. The van der Waals surface area contributed by atoms with E-state index in [1.54, 1.807) is 0 Å². The number of carbonyl (C=O) groups excluding carboxylic acids is 1. The molecule has 1 aromatic rings. The Bertz CT molecular complexity index is 427. The van der Waals surface area contributed by atoms with Crippen LogP contribution in [0.25, 0.3) is 0 Å². The van der Waals surface area contributed by atoms with Crippen molar-refractivity contribution in [3.05, 3.63) is 35.4 Å². The van der Waals surface area contributed by atoms with Crippen LogP contribution < -0.4 is 10.6 Å². The van der Waals surface area contributed by atoms with Crippen LogP contribution in [0.1, 0.15) is 38.8 Å². The first-order chi connectivity index (χ1) is 8.86. The third-order valence-electron chi connectivity index (χ3n) is 3.35. The average molecular weight is 262 g/mol. The van der Waals surface area contributed by atoms with Crippen molar-refractivity contribution in [2.24, 2.45) is 0 Å². The van der Waals surface area contributed by atoms with E-state index in [1.807, 2.05) is 39.8 Å². The van der Waals surface area contributed by atoms with Crippen LogP contribution in [0, 0.1) is 6.92 Å². The van der Waals surface area contributed by atoms with E-state index in [0.717, 1.165) is 13.0 Å². The maximum absolute atomic E-state index is 12.2. The van der Waals surface area contributed by atoms with Crippen LogP contribution in [0.5, 0.6) is 0 Å². The zero-order valence-corrected chi connectivity index (χ0v) is 12.7. The van der Waals surface area contributed by atoms with Gasteiger partial charge in [0.25, 0.3) is 0 Å². The summed E-state index contributed by atoms with van der Waals surface area (Å²) in [6, 6.07) is 8.43. The van der Waals surface area contributed by atoms with Gasteiger partial charge in [0.1, 0.15) is 0 Å². The number of likely N-dealkylation sites (N-methyl/N-ethyl adjacent to an activating group) is 1. The minimum Gasteiger partial charge on any atom is -0.352 e. The highest BCUT2D eigenvalue weighted by atomic mass is 16.2. The standard InChI is InChI=1S/C16H26N2O/c1-6-17-16(4,5)15(19)18-13(3)11-14-10-8-7-9-12(14)2/h7-10,13,17H,6,11H2,1-5H3,(H,18,19). The first-order valence-corrected chi connectivity index (χ1v) is 6.97. The van der Waals surface area contributed by atoms with Crippen LogP contribution in [-0.4, -0.2) is 24.0 Å². The monoisotopic (exact) mass is 262 g/mol. The molecule has 0 fully saturated rings. The normalized spacial score (nSPS) is 13.1. The Morgan fingerprint density at radius 1 is 1.32 bits per heavy atom. The maximum Gasteiger partial charge on any atom is 0.239 e. The Morgan fingerprint density at radius 3 is 2.53 bits per heavy atom. The van der Waals surface area contributed by atoms with E-state index in [4.69, 9.17) is 0 Å². The number of carbonyl (C=O) groups is 1. The number of hydrogen-bond acceptors (Lipinski definition) is 2. The first kappa shape index (κ1) is 15.7. The van der Waals surface area contributed by atoms with E-state index in [9.17, 15) is 4.79 Å². The molecule has 0 saturated carbocycles. The maximum atomic E-state index is 12.2.